The Labute approximate surface area is 163 Å². The Bertz CT molecular complexity index is 842. The largest absolute Gasteiger partial charge is 0.415 e. The molecule has 0 bridgehead atoms. The maximum absolute atomic E-state index is 5.61. The summed E-state index contributed by atoms with van der Waals surface area (Å²) in [5.74, 6) is 1.61. The lowest BCUT2D eigenvalue weighted by Crippen LogP contribution is -2.42. The van der Waals surface area contributed by atoms with E-state index in [9.17, 15) is 0 Å². The second kappa shape index (κ2) is 8.58. The van der Waals surface area contributed by atoms with Gasteiger partial charge in [-0.1, -0.05) is 24.8 Å². The van der Waals surface area contributed by atoms with Crippen LogP contribution in [-0.4, -0.2) is 44.9 Å². The monoisotopic (exact) mass is 384 g/mol. The summed E-state index contributed by atoms with van der Waals surface area (Å²) in [4.78, 5) is 2.44. The van der Waals surface area contributed by atoms with Gasteiger partial charge in [-0.25, -0.2) is 4.68 Å². The number of aromatic nitrogens is 4. The van der Waals surface area contributed by atoms with E-state index < -0.39 is 0 Å². The molecule has 7 nitrogen and oxygen atoms in total. The second-order valence-corrected chi connectivity index (χ2v) is 7.72. The molecule has 0 amide bonds. The zero-order valence-corrected chi connectivity index (χ0v) is 16.2. The van der Waals surface area contributed by atoms with Crippen molar-refractivity contribution in [3.63, 3.8) is 0 Å². The van der Waals surface area contributed by atoms with Gasteiger partial charge in [0.25, 0.3) is 5.22 Å². The standard InChI is InChI=1S/C19H24N6OS/c1-2-27-19-23-22-18(26-19)14-20-15-7-11-24(12-8-15)16-5-3-6-17(13-16)25-10-4-9-21-25/h3-6,9-10,13,15,20H,2,7-8,11-12,14H2,1H3. The first-order valence-corrected chi connectivity index (χ1v) is 10.3. The van der Waals surface area contributed by atoms with Gasteiger partial charge in [0.1, 0.15) is 0 Å². The lowest BCUT2D eigenvalue weighted by atomic mass is 10.0. The van der Waals surface area contributed by atoms with E-state index in [4.69, 9.17) is 4.42 Å². The van der Waals surface area contributed by atoms with Crippen molar-refractivity contribution >= 4 is 17.4 Å². The minimum absolute atomic E-state index is 0.477. The summed E-state index contributed by atoms with van der Waals surface area (Å²) in [7, 11) is 0. The van der Waals surface area contributed by atoms with Crippen LogP contribution in [0.2, 0.25) is 0 Å². The zero-order valence-electron chi connectivity index (χ0n) is 15.4. The molecule has 1 aliphatic heterocycles. The van der Waals surface area contributed by atoms with E-state index in [1.165, 1.54) is 5.69 Å². The van der Waals surface area contributed by atoms with Crippen molar-refractivity contribution in [3.8, 4) is 5.69 Å². The van der Waals surface area contributed by atoms with Crippen LogP contribution in [0.4, 0.5) is 5.69 Å². The highest BCUT2D eigenvalue weighted by molar-refractivity contribution is 7.99. The number of rotatable bonds is 7. The van der Waals surface area contributed by atoms with Crippen LogP contribution in [0.5, 0.6) is 0 Å². The number of benzene rings is 1. The average molecular weight is 385 g/mol. The Hall–Kier alpha value is -2.32. The predicted molar refractivity (Wildman–Crippen MR) is 106 cm³/mol. The minimum atomic E-state index is 0.477. The molecule has 0 radical (unpaired) electrons. The van der Waals surface area contributed by atoms with Crippen molar-refractivity contribution in [2.24, 2.45) is 0 Å². The van der Waals surface area contributed by atoms with Crippen molar-refractivity contribution in [1.82, 2.24) is 25.3 Å². The Morgan fingerprint density at radius 3 is 2.81 bits per heavy atom. The number of hydrogen-bond donors (Lipinski definition) is 1. The van der Waals surface area contributed by atoms with Crippen molar-refractivity contribution in [2.75, 3.05) is 23.7 Å². The van der Waals surface area contributed by atoms with Gasteiger partial charge in [-0.15, -0.1) is 10.2 Å². The summed E-state index contributed by atoms with van der Waals surface area (Å²) in [6.45, 7) is 4.77. The van der Waals surface area contributed by atoms with Crippen LogP contribution < -0.4 is 10.2 Å². The molecule has 0 spiro atoms. The SMILES string of the molecule is CCSc1nnc(CNC2CCN(c3cccc(-n4cccn4)c3)CC2)o1. The molecule has 1 fully saturated rings. The van der Waals surface area contributed by atoms with Crippen molar-refractivity contribution in [1.29, 1.82) is 0 Å². The smallest absolute Gasteiger partial charge is 0.276 e. The first kappa shape index (κ1) is 18.1. The van der Waals surface area contributed by atoms with E-state index in [0.717, 1.165) is 37.4 Å². The van der Waals surface area contributed by atoms with Gasteiger partial charge in [0.15, 0.2) is 0 Å². The molecule has 4 rings (SSSR count). The van der Waals surface area contributed by atoms with Crippen LogP contribution in [0.15, 0.2) is 52.4 Å². The van der Waals surface area contributed by atoms with Crippen LogP contribution in [0.1, 0.15) is 25.7 Å². The highest BCUT2D eigenvalue weighted by atomic mass is 32.2. The molecule has 8 heteroatoms. The third-order valence-corrected chi connectivity index (χ3v) is 5.42. The quantitative estimate of drug-likeness (QED) is 0.628. The van der Waals surface area contributed by atoms with Gasteiger partial charge in [0.05, 0.1) is 12.2 Å². The van der Waals surface area contributed by atoms with E-state index >= 15 is 0 Å². The molecule has 142 valence electrons. The molecule has 3 heterocycles. The van der Waals surface area contributed by atoms with Crippen molar-refractivity contribution in [3.05, 3.63) is 48.6 Å². The molecule has 0 atom stereocenters. The fourth-order valence-electron chi connectivity index (χ4n) is 3.32. The fourth-order valence-corrected chi connectivity index (χ4v) is 3.82. The van der Waals surface area contributed by atoms with Crippen molar-refractivity contribution < 1.29 is 4.42 Å². The Balaban J connectivity index is 1.29. The number of nitrogens with one attached hydrogen (secondary N) is 1. The number of piperidine rings is 1. The highest BCUT2D eigenvalue weighted by Gasteiger charge is 2.20. The van der Waals surface area contributed by atoms with Crippen LogP contribution in [0, 0.1) is 0 Å². The van der Waals surface area contributed by atoms with Gasteiger partial charge in [-0.2, -0.15) is 5.10 Å². The van der Waals surface area contributed by atoms with Gasteiger partial charge >= 0.3 is 0 Å². The molecule has 1 saturated heterocycles. The number of nitrogens with zero attached hydrogens (tertiary/aromatic N) is 5. The summed E-state index contributed by atoms with van der Waals surface area (Å²) in [5.41, 5.74) is 2.34. The minimum Gasteiger partial charge on any atom is -0.415 e. The summed E-state index contributed by atoms with van der Waals surface area (Å²) in [6, 6.07) is 11.0. The summed E-state index contributed by atoms with van der Waals surface area (Å²) >= 11 is 1.57. The molecule has 2 aromatic heterocycles. The molecule has 1 N–H and O–H groups in total. The number of thioether (sulfide) groups is 1. The van der Waals surface area contributed by atoms with Gasteiger partial charge in [0, 0.05) is 37.2 Å². The normalized spacial score (nSPS) is 15.4. The first-order chi connectivity index (χ1) is 13.3. The molecule has 0 saturated carbocycles. The molecule has 0 aliphatic carbocycles. The van der Waals surface area contributed by atoms with Gasteiger partial charge < -0.3 is 14.6 Å². The van der Waals surface area contributed by atoms with Gasteiger partial charge in [0.2, 0.25) is 5.89 Å². The molecule has 27 heavy (non-hydrogen) atoms. The predicted octanol–water partition coefficient (Wildman–Crippen LogP) is 3.13. The first-order valence-electron chi connectivity index (χ1n) is 9.35. The zero-order chi connectivity index (χ0) is 18.5. The number of anilines is 1. The maximum Gasteiger partial charge on any atom is 0.276 e. The second-order valence-electron chi connectivity index (χ2n) is 6.51. The maximum atomic E-state index is 5.61. The Morgan fingerprint density at radius 1 is 1.19 bits per heavy atom. The van der Waals surface area contributed by atoms with E-state index in [1.807, 2.05) is 16.9 Å². The van der Waals surface area contributed by atoms with E-state index in [2.05, 4.69) is 56.7 Å². The van der Waals surface area contributed by atoms with E-state index in [-0.39, 0.29) is 0 Å². The van der Waals surface area contributed by atoms with Crippen LogP contribution in [0.25, 0.3) is 5.69 Å². The van der Waals surface area contributed by atoms with Crippen LogP contribution in [0.3, 0.4) is 0 Å². The van der Waals surface area contributed by atoms with E-state index in [1.54, 1.807) is 18.0 Å². The van der Waals surface area contributed by atoms with Crippen molar-refractivity contribution in [2.45, 2.75) is 37.6 Å². The van der Waals surface area contributed by atoms with Crippen LogP contribution in [-0.2, 0) is 6.54 Å². The van der Waals surface area contributed by atoms with E-state index in [0.29, 0.717) is 23.7 Å². The average Bonchev–Trinajstić information content (AvgIpc) is 3.40. The van der Waals surface area contributed by atoms with Gasteiger partial charge in [-0.05, 0) is 42.9 Å². The fraction of sp³-hybridized carbons (Fsp3) is 0.421. The topological polar surface area (TPSA) is 72.0 Å². The summed E-state index contributed by atoms with van der Waals surface area (Å²) in [6.07, 6.45) is 5.96. The third-order valence-electron chi connectivity index (χ3n) is 4.72. The lowest BCUT2D eigenvalue weighted by Gasteiger charge is -2.34. The Kier molecular flexibility index (Phi) is 5.74. The molecular weight excluding hydrogens is 360 g/mol. The number of hydrogen-bond acceptors (Lipinski definition) is 7. The van der Waals surface area contributed by atoms with Gasteiger partial charge in [-0.3, -0.25) is 0 Å². The highest BCUT2D eigenvalue weighted by Crippen LogP contribution is 2.23. The van der Waals surface area contributed by atoms with Crippen LogP contribution >= 0.6 is 11.8 Å². The molecule has 0 unspecified atom stereocenters. The lowest BCUT2D eigenvalue weighted by molar-refractivity contribution is 0.360. The molecule has 1 aliphatic rings. The molecule has 1 aromatic carbocycles. The molecular formula is C19H24N6OS. The Morgan fingerprint density at radius 2 is 2.04 bits per heavy atom. The molecule has 3 aromatic rings. The summed E-state index contributed by atoms with van der Waals surface area (Å²) in [5, 5.41) is 16.7. The third kappa shape index (κ3) is 4.51. The summed E-state index contributed by atoms with van der Waals surface area (Å²) < 4.78 is 7.51.